The molecule has 1 aromatic rings. The van der Waals surface area contributed by atoms with Crippen molar-refractivity contribution in [2.75, 3.05) is 33.9 Å². The van der Waals surface area contributed by atoms with E-state index in [0.717, 1.165) is 23.3 Å². The van der Waals surface area contributed by atoms with Gasteiger partial charge in [-0.15, -0.1) is 0 Å². The molecule has 8 nitrogen and oxygen atoms in total. The van der Waals surface area contributed by atoms with E-state index >= 15 is 0 Å². The van der Waals surface area contributed by atoms with E-state index in [0.29, 0.717) is 44.0 Å². The van der Waals surface area contributed by atoms with Crippen LogP contribution in [0.3, 0.4) is 0 Å². The Balaban J connectivity index is 1.90. The fraction of sp³-hybridized carbons (Fsp3) is 0.636. The van der Waals surface area contributed by atoms with E-state index in [4.69, 9.17) is 14.5 Å². The first-order valence-corrected chi connectivity index (χ1v) is 12.2. The van der Waals surface area contributed by atoms with Crippen molar-refractivity contribution in [3.05, 3.63) is 23.3 Å². The first kappa shape index (κ1) is 23.5. The van der Waals surface area contributed by atoms with Crippen molar-refractivity contribution in [2.24, 2.45) is 16.8 Å². The van der Waals surface area contributed by atoms with E-state index in [2.05, 4.69) is 0 Å². The number of rotatable bonds is 8. The van der Waals surface area contributed by atoms with Crippen LogP contribution in [0.5, 0.6) is 11.5 Å². The van der Waals surface area contributed by atoms with Crippen LogP contribution >= 0.6 is 0 Å². The van der Waals surface area contributed by atoms with Crippen molar-refractivity contribution in [1.29, 1.82) is 0 Å². The zero-order valence-electron chi connectivity index (χ0n) is 18.6. The van der Waals surface area contributed by atoms with Crippen LogP contribution in [0.2, 0.25) is 0 Å². The third kappa shape index (κ3) is 5.03. The van der Waals surface area contributed by atoms with Gasteiger partial charge < -0.3 is 14.6 Å². The maximum absolute atomic E-state index is 12.8. The van der Waals surface area contributed by atoms with E-state index < -0.39 is 21.2 Å². The van der Waals surface area contributed by atoms with Gasteiger partial charge in [-0.05, 0) is 62.6 Å². The summed E-state index contributed by atoms with van der Waals surface area (Å²) in [7, 11) is -0.209. The fourth-order valence-electron chi connectivity index (χ4n) is 4.52. The Morgan fingerprint density at radius 3 is 2.52 bits per heavy atom. The number of benzene rings is 1. The third-order valence-electron chi connectivity index (χ3n) is 6.31. The molecule has 2 aliphatic rings. The summed E-state index contributed by atoms with van der Waals surface area (Å²) >= 11 is 0. The summed E-state index contributed by atoms with van der Waals surface area (Å²) in [5, 5.41) is 8.89. The van der Waals surface area contributed by atoms with Gasteiger partial charge in [-0.1, -0.05) is 0 Å². The minimum Gasteiger partial charge on any atom is -0.493 e. The molecule has 0 spiro atoms. The van der Waals surface area contributed by atoms with Gasteiger partial charge in [0.25, 0.3) is 0 Å². The van der Waals surface area contributed by atoms with Crippen molar-refractivity contribution in [2.45, 2.75) is 44.8 Å². The molecule has 1 N–H and O–H groups in total. The zero-order valence-corrected chi connectivity index (χ0v) is 19.4. The molecule has 1 aromatic carbocycles. The van der Waals surface area contributed by atoms with Crippen molar-refractivity contribution in [3.8, 4) is 11.5 Å². The van der Waals surface area contributed by atoms with Gasteiger partial charge in [-0.2, -0.15) is 0 Å². The topological polar surface area (TPSA) is 106 Å². The normalized spacial score (nSPS) is 22.0. The largest absolute Gasteiger partial charge is 0.493 e. The lowest BCUT2D eigenvalue weighted by Gasteiger charge is -2.38. The average Bonchev–Trinajstić information content (AvgIpc) is 2.73. The van der Waals surface area contributed by atoms with Gasteiger partial charge >= 0.3 is 5.97 Å². The van der Waals surface area contributed by atoms with Crippen LogP contribution in [0.25, 0.3) is 0 Å². The molecule has 9 heteroatoms. The molecule has 0 radical (unpaired) electrons. The summed E-state index contributed by atoms with van der Waals surface area (Å²) in [5.41, 5.74) is 2.97. The van der Waals surface area contributed by atoms with Crippen LogP contribution in [0, 0.1) is 11.8 Å². The Bertz CT molecular complexity index is 957. The Labute approximate surface area is 184 Å². The number of hydrogen-bond acceptors (Lipinski definition) is 6. The lowest BCUT2D eigenvalue weighted by molar-refractivity contribution is -0.138. The summed E-state index contributed by atoms with van der Waals surface area (Å²) < 4.78 is 37.9. The molecule has 0 aliphatic carbocycles. The predicted octanol–water partition coefficient (Wildman–Crippen LogP) is 2.59. The predicted molar refractivity (Wildman–Crippen MR) is 119 cm³/mol. The number of aliphatic carboxylic acids is 1. The minimum atomic E-state index is -3.40. The average molecular weight is 453 g/mol. The summed E-state index contributed by atoms with van der Waals surface area (Å²) in [6.45, 7) is 4.68. The van der Waals surface area contributed by atoms with E-state index in [1.165, 1.54) is 4.31 Å². The van der Waals surface area contributed by atoms with Gasteiger partial charge in [0, 0.05) is 37.3 Å². The quantitative estimate of drug-likeness (QED) is 0.650. The lowest BCUT2D eigenvalue weighted by Crippen LogP contribution is -2.47. The molecule has 0 saturated carbocycles. The fourth-order valence-corrected chi connectivity index (χ4v) is 5.87. The Morgan fingerprint density at radius 1 is 1.23 bits per heavy atom. The summed E-state index contributed by atoms with van der Waals surface area (Å²) in [4.78, 5) is 16.2. The van der Waals surface area contributed by atoms with Crippen LogP contribution < -0.4 is 9.47 Å². The number of sulfonamides is 1. The van der Waals surface area contributed by atoms with Gasteiger partial charge in [0.05, 0.1) is 19.5 Å². The number of ether oxygens (including phenoxy) is 2. The molecule has 0 aromatic heterocycles. The van der Waals surface area contributed by atoms with E-state index in [9.17, 15) is 18.3 Å². The second-order valence-corrected chi connectivity index (χ2v) is 11.0. The molecule has 0 amide bonds. The smallest absolute Gasteiger partial charge is 0.303 e. The van der Waals surface area contributed by atoms with E-state index in [1.54, 1.807) is 28.1 Å². The van der Waals surface area contributed by atoms with Crippen molar-refractivity contribution < 1.29 is 27.8 Å². The highest BCUT2D eigenvalue weighted by Crippen LogP contribution is 2.36. The van der Waals surface area contributed by atoms with Crippen LogP contribution in [-0.4, -0.2) is 68.6 Å². The number of piperidine rings is 1. The van der Waals surface area contributed by atoms with Crippen molar-refractivity contribution in [1.82, 2.24) is 4.31 Å². The molecular formula is C22H32N2O6S. The number of aliphatic imine (C=N–C) groups is 1. The number of carboxylic acids is 1. The van der Waals surface area contributed by atoms with Crippen molar-refractivity contribution in [3.63, 3.8) is 0 Å². The number of methoxy groups -OCH3 is 2. The SMILES string of the molecule is COc1cc2c(cc1OC)C(C[C@H]1CN(S(=O)(=O)C(C)C)CC[C@H]1CC(=O)O)=NCC2. The lowest BCUT2D eigenvalue weighted by atomic mass is 9.79. The third-order valence-corrected chi connectivity index (χ3v) is 8.55. The van der Waals surface area contributed by atoms with E-state index in [-0.39, 0.29) is 18.3 Å². The monoisotopic (exact) mass is 452 g/mol. The molecule has 31 heavy (non-hydrogen) atoms. The van der Waals surface area contributed by atoms with Gasteiger partial charge in [0.2, 0.25) is 10.0 Å². The highest BCUT2D eigenvalue weighted by molar-refractivity contribution is 7.89. The number of carboxylic acid groups (broad SMARTS) is 1. The minimum absolute atomic E-state index is 0.0340. The molecule has 1 fully saturated rings. The second-order valence-electron chi connectivity index (χ2n) is 8.51. The highest BCUT2D eigenvalue weighted by atomic mass is 32.2. The first-order chi connectivity index (χ1) is 14.7. The standard InChI is InChI=1S/C22H32N2O6S/c1-14(2)31(27,28)24-8-6-15(11-22(25)26)17(13-24)9-19-18-12-21(30-4)20(29-3)10-16(18)5-7-23-19/h10,12,14-15,17H,5-9,11,13H2,1-4H3,(H,25,26)/t15-,17-/m0/s1. The molecule has 2 aliphatic heterocycles. The van der Waals surface area contributed by atoms with Crippen LogP contribution in [0.1, 0.15) is 44.2 Å². The number of carbonyl (C=O) groups is 1. The number of hydrogen-bond donors (Lipinski definition) is 1. The molecular weight excluding hydrogens is 420 g/mol. The van der Waals surface area contributed by atoms with Gasteiger partial charge in [-0.3, -0.25) is 9.79 Å². The Kier molecular flexibility index (Phi) is 7.26. The molecule has 2 heterocycles. The first-order valence-electron chi connectivity index (χ1n) is 10.7. The zero-order chi connectivity index (χ0) is 22.8. The maximum atomic E-state index is 12.8. The van der Waals surface area contributed by atoms with Gasteiger partial charge in [0.15, 0.2) is 11.5 Å². The summed E-state index contributed by atoms with van der Waals surface area (Å²) in [5.74, 6) is 0.219. The van der Waals surface area contributed by atoms with Crippen LogP contribution in [0.15, 0.2) is 17.1 Å². The van der Waals surface area contributed by atoms with Crippen LogP contribution in [-0.2, 0) is 21.2 Å². The van der Waals surface area contributed by atoms with Gasteiger partial charge in [-0.25, -0.2) is 12.7 Å². The Hall–Kier alpha value is -2.13. The molecule has 172 valence electrons. The summed E-state index contributed by atoms with van der Waals surface area (Å²) in [6.07, 6.45) is 1.89. The molecule has 0 bridgehead atoms. The van der Waals surface area contributed by atoms with Crippen molar-refractivity contribution >= 4 is 21.7 Å². The Morgan fingerprint density at radius 2 is 1.90 bits per heavy atom. The molecule has 1 saturated heterocycles. The second kappa shape index (κ2) is 9.56. The summed E-state index contributed by atoms with van der Waals surface area (Å²) in [6, 6.07) is 3.89. The number of fused-ring (bicyclic) bond motifs is 1. The highest BCUT2D eigenvalue weighted by Gasteiger charge is 2.38. The molecule has 3 rings (SSSR count). The number of nitrogens with zero attached hydrogens (tertiary/aromatic N) is 2. The maximum Gasteiger partial charge on any atom is 0.303 e. The van der Waals surface area contributed by atoms with Crippen LogP contribution in [0.4, 0.5) is 0 Å². The van der Waals surface area contributed by atoms with E-state index in [1.807, 2.05) is 12.1 Å². The molecule has 2 atom stereocenters. The molecule has 0 unspecified atom stereocenters. The van der Waals surface area contributed by atoms with Gasteiger partial charge in [0.1, 0.15) is 0 Å².